The van der Waals surface area contributed by atoms with Crippen LogP contribution in [0.5, 0.6) is 0 Å². The minimum Gasteiger partial charge on any atom is -0.462 e. The molecule has 0 radical (unpaired) electrons. The first-order valence-corrected chi connectivity index (χ1v) is 44.2. The lowest BCUT2D eigenvalue weighted by Crippen LogP contribution is -2.30. The van der Waals surface area contributed by atoms with Crippen molar-refractivity contribution in [2.45, 2.75) is 418 Å². The van der Waals surface area contributed by atoms with Crippen molar-refractivity contribution in [3.8, 4) is 0 Å². The SMILES string of the molecule is CC/C=C\C/C=C\C/C=C\CCCCCCCC(=O)OCC(COP(=O)(O)OCC(O)COP(=O)(O)OCC(COC(=O)CCCCCCCCCCCCCCCCC)OC(=O)CCCCCCCCCCCCCCCCC)OC(=O)CCCCCCCCCCCCCCCCC. The van der Waals surface area contributed by atoms with Crippen molar-refractivity contribution in [2.75, 3.05) is 39.6 Å². The molecule has 0 aromatic heterocycles. The average molecular weight is 1460 g/mol. The molecule has 0 aromatic rings. The fraction of sp³-hybridized carbons (Fsp3) is 0.877. The van der Waals surface area contributed by atoms with Crippen LogP contribution in [0.25, 0.3) is 0 Å². The maximum Gasteiger partial charge on any atom is 0.472 e. The number of carbonyl (C=O) groups excluding carboxylic acids is 4. The zero-order valence-corrected chi connectivity index (χ0v) is 66.2. The van der Waals surface area contributed by atoms with E-state index in [4.69, 9.17) is 37.0 Å². The second-order valence-corrected chi connectivity index (χ2v) is 31.0. The lowest BCUT2D eigenvalue weighted by Gasteiger charge is -2.21. The van der Waals surface area contributed by atoms with Gasteiger partial charge >= 0.3 is 39.5 Å². The molecule has 0 spiro atoms. The molecule has 0 saturated heterocycles. The highest BCUT2D eigenvalue weighted by Gasteiger charge is 2.30. The van der Waals surface area contributed by atoms with E-state index in [1.165, 1.54) is 199 Å². The minimum absolute atomic E-state index is 0.100. The van der Waals surface area contributed by atoms with Crippen LogP contribution in [0.1, 0.15) is 400 Å². The largest absolute Gasteiger partial charge is 0.472 e. The number of carbonyl (C=O) groups is 4. The predicted octanol–water partition coefficient (Wildman–Crippen LogP) is 23.9. The first kappa shape index (κ1) is 97.3. The molecule has 0 saturated carbocycles. The van der Waals surface area contributed by atoms with Gasteiger partial charge in [-0.05, 0) is 57.8 Å². The smallest absolute Gasteiger partial charge is 0.462 e. The van der Waals surface area contributed by atoms with Gasteiger partial charge in [-0.15, -0.1) is 0 Å². The maximum atomic E-state index is 13.1. The van der Waals surface area contributed by atoms with Crippen LogP contribution in [0.4, 0.5) is 0 Å². The third-order valence-electron chi connectivity index (χ3n) is 18.1. The summed E-state index contributed by atoms with van der Waals surface area (Å²) in [5, 5.41) is 10.6. The van der Waals surface area contributed by atoms with Crippen molar-refractivity contribution in [3.63, 3.8) is 0 Å². The molecule has 5 unspecified atom stereocenters. The van der Waals surface area contributed by atoms with Crippen LogP contribution in [0.2, 0.25) is 0 Å². The Kier molecular flexibility index (Phi) is 72.5. The van der Waals surface area contributed by atoms with Crippen LogP contribution >= 0.6 is 15.6 Å². The molecule has 5 atom stereocenters. The summed E-state index contributed by atoms with van der Waals surface area (Å²) in [5.41, 5.74) is 0. The number of phosphoric acid groups is 2. The van der Waals surface area contributed by atoms with E-state index in [1.54, 1.807) is 0 Å². The summed E-state index contributed by atoms with van der Waals surface area (Å²) in [5.74, 6) is -2.14. The van der Waals surface area contributed by atoms with E-state index in [0.717, 1.165) is 122 Å². The molecule has 0 heterocycles. The molecule has 0 amide bonds. The van der Waals surface area contributed by atoms with Gasteiger partial charge in [0.15, 0.2) is 12.2 Å². The van der Waals surface area contributed by atoms with Gasteiger partial charge in [-0.3, -0.25) is 37.3 Å². The topological polar surface area (TPSA) is 237 Å². The molecule has 0 rings (SSSR count). The van der Waals surface area contributed by atoms with Gasteiger partial charge in [-0.25, -0.2) is 9.13 Å². The van der Waals surface area contributed by atoms with Gasteiger partial charge in [0.05, 0.1) is 26.4 Å². The van der Waals surface area contributed by atoms with E-state index in [2.05, 4.69) is 64.2 Å². The van der Waals surface area contributed by atoms with E-state index in [9.17, 15) is 43.2 Å². The van der Waals surface area contributed by atoms with Crippen LogP contribution in [-0.2, 0) is 65.4 Å². The zero-order chi connectivity index (χ0) is 73.2. The van der Waals surface area contributed by atoms with Crippen molar-refractivity contribution < 1.29 is 80.2 Å². The highest BCUT2D eigenvalue weighted by atomic mass is 31.2. The number of unbranched alkanes of at least 4 members (excludes halogenated alkanes) is 47. The molecule has 100 heavy (non-hydrogen) atoms. The number of rotatable bonds is 79. The Morgan fingerprint density at radius 1 is 0.290 bits per heavy atom. The van der Waals surface area contributed by atoms with E-state index in [1.807, 2.05) is 0 Å². The van der Waals surface area contributed by atoms with Crippen LogP contribution in [0.3, 0.4) is 0 Å². The second-order valence-electron chi connectivity index (χ2n) is 28.1. The molecule has 0 aliphatic carbocycles. The Morgan fingerprint density at radius 2 is 0.520 bits per heavy atom. The highest BCUT2D eigenvalue weighted by molar-refractivity contribution is 7.47. The van der Waals surface area contributed by atoms with Crippen molar-refractivity contribution in [1.29, 1.82) is 0 Å². The highest BCUT2D eigenvalue weighted by Crippen LogP contribution is 2.45. The summed E-state index contributed by atoms with van der Waals surface area (Å²) >= 11 is 0. The molecule has 17 nitrogen and oxygen atoms in total. The van der Waals surface area contributed by atoms with E-state index in [0.29, 0.717) is 25.7 Å². The fourth-order valence-electron chi connectivity index (χ4n) is 11.9. The molecular weight excluding hydrogens is 1310 g/mol. The zero-order valence-electron chi connectivity index (χ0n) is 64.4. The Bertz CT molecular complexity index is 2040. The molecule has 0 aromatic carbocycles. The van der Waals surface area contributed by atoms with Crippen LogP contribution in [0, 0.1) is 0 Å². The first-order chi connectivity index (χ1) is 48.7. The lowest BCUT2D eigenvalue weighted by atomic mass is 10.0. The van der Waals surface area contributed by atoms with E-state index < -0.39 is 97.5 Å². The van der Waals surface area contributed by atoms with Crippen LogP contribution in [-0.4, -0.2) is 96.7 Å². The summed E-state index contributed by atoms with van der Waals surface area (Å²) in [6.07, 6.45) is 71.1. The van der Waals surface area contributed by atoms with Crippen molar-refractivity contribution in [2.24, 2.45) is 0 Å². The second kappa shape index (κ2) is 74.5. The number of hydrogen-bond donors (Lipinski definition) is 3. The normalized spacial score (nSPS) is 14.0. The van der Waals surface area contributed by atoms with Crippen molar-refractivity contribution >= 4 is 39.5 Å². The molecule has 3 N–H and O–H groups in total. The molecule has 588 valence electrons. The van der Waals surface area contributed by atoms with Gasteiger partial charge in [0.25, 0.3) is 0 Å². The van der Waals surface area contributed by atoms with Gasteiger partial charge in [-0.1, -0.05) is 353 Å². The Hall–Kier alpha value is -2.72. The minimum atomic E-state index is -4.97. The number of ether oxygens (including phenoxy) is 4. The van der Waals surface area contributed by atoms with Crippen molar-refractivity contribution in [1.82, 2.24) is 0 Å². The van der Waals surface area contributed by atoms with Gasteiger partial charge in [0.1, 0.15) is 19.3 Å². The summed E-state index contributed by atoms with van der Waals surface area (Å²) in [7, 11) is -9.93. The molecular formula is C81H152O17P2. The van der Waals surface area contributed by atoms with Gasteiger partial charge < -0.3 is 33.8 Å². The molecule has 0 bridgehead atoms. The molecule has 0 aliphatic heterocycles. The number of allylic oxidation sites excluding steroid dienone is 6. The maximum absolute atomic E-state index is 13.1. The summed E-state index contributed by atoms with van der Waals surface area (Å²) in [6, 6.07) is 0. The molecule has 0 fully saturated rings. The Morgan fingerprint density at radius 3 is 0.800 bits per heavy atom. The summed E-state index contributed by atoms with van der Waals surface area (Å²) in [6.45, 7) is 4.87. The van der Waals surface area contributed by atoms with E-state index >= 15 is 0 Å². The van der Waals surface area contributed by atoms with E-state index in [-0.39, 0.29) is 25.7 Å². The average Bonchev–Trinajstić information content (AvgIpc) is 1.01. The van der Waals surface area contributed by atoms with Crippen LogP contribution in [0.15, 0.2) is 36.5 Å². The van der Waals surface area contributed by atoms with Gasteiger partial charge in [0.2, 0.25) is 0 Å². The first-order valence-electron chi connectivity index (χ1n) is 41.2. The number of hydrogen-bond acceptors (Lipinski definition) is 15. The van der Waals surface area contributed by atoms with Crippen molar-refractivity contribution in [3.05, 3.63) is 36.5 Å². The molecule has 19 heteroatoms. The predicted molar refractivity (Wildman–Crippen MR) is 409 cm³/mol. The van der Waals surface area contributed by atoms with Gasteiger partial charge in [-0.2, -0.15) is 0 Å². The lowest BCUT2D eigenvalue weighted by molar-refractivity contribution is -0.161. The third-order valence-corrected chi connectivity index (χ3v) is 20.1. The van der Waals surface area contributed by atoms with Gasteiger partial charge in [0, 0.05) is 25.7 Å². The summed E-state index contributed by atoms with van der Waals surface area (Å²) in [4.78, 5) is 73.0. The summed E-state index contributed by atoms with van der Waals surface area (Å²) < 4.78 is 68.7. The standard InChI is InChI=1S/C81H152O17P2/c1-5-9-13-17-21-25-29-33-37-41-45-49-53-57-61-65-78(83)91-71-76(97-80(85)67-63-59-55-51-47-43-39-35-31-27-23-19-15-11-7-3)73-95-99(87,88)93-69-75(82)70-94-100(89,90)96-74-77(98-81(86)68-64-60-56-52-48-44-40-36-32-28-24-20-16-12-8-4)72-92-79(84)66-62-58-54-50-46-42-38-34-30-26-22-18-14-10-6-2/h9,13,21,25,33,37,75-77,82H,5-8,10-12,14-20,22-24,26-32,34-36,38-74H2,1-4H3,(H,87,88)(H,89,90)/b13-9-,25-21-,37-33-. The Balaban J connectivity index is 5.30. The molecule has 0 aliphatic rings. The fourth-order valence-corrected chi connectivity index (χ4v) is 13.5. The number of aliphatic hydroxyl groups is 1. The number of esters is 4. The number of phosphoric ester groups is 2. The Labute approximate surface area is 611 Å². The number of aliphatic hydroxyl groups excluding tert-OH is 1. The third kappa shape index (κ3) is 73.6. The quantitative estimate of drug-likeness (QED) is 0.0169. The van der Waals surface area contributed by atoms with Crippen LogP contribution < -0.4 is 0 Å². The monoisotopic (exact) mass is 1460 g/mol.